The second-order valence-electron chi connectivity index (χ2n) is 5.93. The molecule has 0 amide bonds. The van der Waals surface area contributed by atoms with Gasteiger partial charge in [-0.05, 0) is 45.8 Å². The summed E-state index contributed by atoms with van der Waals surface area (Å²) in [4.78, 5) is 7.05. The maximum Gasteiger partial charge on any atom is 0.231 e. The number of hydrogen-bond acceptors (Lipinski definition) is 5. The van der Waals surface area contributed by atoms with Crippen molar-refractivity contribution in [2.24, 2.45) is 0 Å². The number of likely N-dealkylation sites (tertiary alicyclic amines) is 1. The Kier molecular flexibility index (Phi) is 4.13. The molecule has 2 atom stereocenters. The van der Waals surface area contributed by atoms with E-state index in [9.17, 15) is 0 Å². The van der Waals surface area contributed by atoms with Crippen LogP contribution in [0, 0.1) is 0 Å². The summed E-state index contributed by atoms with van der Waals surface area (Å²) in [5, 5.41) is 7.57. The number of nitrogens with one attached hydrogen (secondary N) is 1. The zero-order valence-corrected chi connectivity index (χ0v) is 11.8. The Morgan fingerprint density at radius 1 is 1.32 bits per heavy atom. The number of nitrogens with zero attached hydrogens (tertiary/aromatic N) is 3. The monoisotopic (exact) mass is 264 g/mol. The Bertz CT molecular complexity index is 400. The molecular weight excluding hydrogens is 240 g/mol. The molecule has 106 valence electrons. The fraction of sp³-hybridized carbons (Fsp3) is 0.857. The Morgan fingerprint density at radius 3 is 3.05 bits per heavy atom. The van der Waals surface area contributed by atoms with E-state index in [1.54, 1.807) is 0 Å². The fourth-order valence-corrected chi connectivity index (χ4v) is 3.19. The summed E-state index contributed by atoms with van der Waals surface area (Å²) in [5.41, 5.74) is 0. The average molecular weight is 264 g/mol. The first-order valence-corrected chi connectivity index (χ1v) is 7.56. The summed E-state index contributed by atoms with van der Waals surface area (Å²) >= 11 is 0. The third-order valence-corrected chi connectivity index (χ3v) is 4.47. The molecular formula is C14H24N4O. The molecule has 0 aliphatic carbocycles. The molecule has 2 aliphatic rings. The van der Waals surface area contributed by atoms with Gasteiger partial charge in [-0.1, -0.05) is 11.6 Å². The second-order valence-corrected chi connectivity index (χ2v) is 5.93. The van der Waals surface area contributed by atoms with Crippen LogP contribution in [0.1, 0.15) is 49.7 Å². The Labute approximate surface area is 114 Å². The number of aromatic nitrogens is 2. The third-order valence-electron chi connectivity index (χ3n) is 4.47. The fourth-order valence-electron chi connectivity index (χ4n) is 3.19. The molecule has 1 N–H and O–H groups in total. The van der Waals surface area contributed by atoms with Gasteiger partial charge >= 0.3 is 0 Å². The standard InChI is InChI=1S/C14H24N4O/c1-18-8-3-2-6-12(18)9-13-16-14(19-17-13)11-5-4-7-15-10-11/h11-12,15H,2-10H2,1H3. The van der Waals surface area contributed by atoms with Gasteiger partial charge in [0.15, 0.2) is 5.82 Å². The van der Waals surface area contributed by atoms with Crippen LogP contribution in [0.4, 0.5) is 0 Å². The topological polar surface area (TPSA) is 54.2 Å². The van der Waals surface area contributed by atoms with Gasteiger partial charge in [0, 0.05) is 19.0 Å². The van der Waals surface area contributed by atoms with Gasteiger partial charge in [0.2, 0.25) is 5.89 Å². The highest BCUT2D eigenvalue weighted by molar-refractivity contribution is 4.98. The van der Waals surface area contributed by atoms with Crippen molar-refractivity contribution in [3.8, 4) is 0 Å². The molecule has 2 aliphatic heterocycles. The zero-order valence-electron chi connectivity index (χ0n) is 11.8. The smallest absolute Gasteiger partial charge is 0.231 e. The summed E-state index contributed by atoms with van der Waals surface area (Å²) < 4.78 is 5.46. The third kappa shape index (κ3) is 3.15. The van der Waals surface area contributed by atoms with Crippen molar-refractivity contribution in [2.45, 2.75) is 50.5 Å². The van der Waals surface area contributed by atoms with E-state index in [1.807, 2.05) is 0 Å². The van der Waals surface area contributed by atoms with Crippen molar-refractivity contribution >= 4 is 0 Å². The van der Waals surface area contributed by atoms with E-state index < -0.39 is 0 Å². The van der Waals surface area contributed by atoms with Crippen molar-refractivity contribution in [1.82, 2.24) is 20.4 Å². The van der Waals surface area contributed by atoms with Gasteiger partial charge in [-0.15, -0.1) is 0 Å². The Hall–Kier alpha value is -0.940. The SMILES string of the molecule is CN1CCCCC1Cc1noc(C2CCCNC2)n1. The molecule has 2 unspecified atom stereocenters. The first-order chi connectivity index (χ1) is 9.33. The van der Waals surface area contributed by atoms with Gasteiger partial charge in [0.25, 0.3) is 0 Å². The van der Waals surface area contributed by atoms with Crippen LogP contribution in [0.15, 0.2) is 4.52 Å². The second kappa shape index (κ2) is 6.01. The first-order valence-electron chi connectivity index (χ1n) is 7.56. The van der Waals surface area contributed by atoms with Gasteiger partial charge in [-0.2, -0.15) is 4.98 Å². The lowest BCUT2D eigenvalue weighted by molar-refractivity contribution is 0.181. The highest BCUT2D eigenvalue weighted by atomic mass is 16.5. The minimum Gasteiger partial charge on any atom is -0.339 e. The first kappa shape index (κ1) is 13.1. The lowest BCUT2D eigenvalue weighted by Crippen LogP contribution is -2.37. The molecule has 0 saturated carbocycles. The maximum atomic E-state index is 5.46. The average Bonchev–Trinajstić information content (AvgIpc) is 2.91. The van der Waals surface area contributed by atoms with Crippen molar-refractivity contribution in [1.29, 1.82) is 0 Å². The van der Waals surface area contributed by atoms with Crippen LogP contribution in [-0.4, -0.2) is 47.8 Å². The van der Waals surface area contributed by atoms with E-state index in [1.165, 1.54) is 32.2 Å². The van der Waals surface area contributed by atoms with Gasteiger partial charge in [-0.25, -0.2) is 0 Å². The van der Waals surface area contributed by atoms with Crippen LogP contribution in [0.3, 0.4) is 0 Å². The maximum absolute atomic E-state index is 5.46. The van der Waals surface area contributed by atoms with E-state index in [0.29, 0.717) is 12.0 Å². The molecule has 19 heavy (non-hydrogen) atoms. The van der Waals surface area contributed by atoms with E-state index in [4.69, 9.17) is 4.52 Å². The highest BCUT2D eigenvalue weighted by Gasteiger charge is 2.24. The van der Waals surface area contributed by atoms with Crippen LogP contribution >= 0.6 is 0 Å². The Balaban J connectivity index is 1.60. The number of piperidine rings is 2. The normalized spacial score (nSPS) is 29.5. The minimum absolute atomic E-state index is 0.416. The van der Waals surface area contributed by atoms with Crippen molar-refractivity contribution in [3.05, 3.63) is 11.7 Å². The number of rotatable bonds is 3. The predicted molar refractivity (Wildman–Crippen MR) is 73.1 cm³/mol. The van der Waals surface area contributed by atoms with E-state index in [0.717, 1.165) is 37.6 Å². The lowest BCUT2D eigenvalue weighted by atomic mass is 9.99. The zero-order chi connectivity index (χ0) is 13.1. The van der Waals surface area contributed by atoms with Gasteiger partial charge in [0.05, 0.1) is 5.92 Å². The van der Waals surface area contributed by atoms with Crippen LogP contribution in [0.2, 0.25) is 0 Å². The summed E-state index contributed by atoms with van der Waals surface area (Å²) in [6.45, 7) is 3.29. The van der Waals surface area contributed by atoms with Crippen molar-refractivity contribution in [3.63, 3.8) is 0 Å². The molecule has 1 aromatic rings. The van der Waals surface area contributed by atoms with Gasteiger partial charge < -0.3 is 14.7 Å². The molecule has 0 spiro atoms. The molecule has 1 aromatic heterocycles. The molecule has 2 fully saturated rings. The molecule has 5 nitrogen and oxygen atoms in total. The van der Waals surface area contributed by atoms with E-state index in [-0.39, 0.29) is 0 Å². The summed E-state index contributed by atoms with van der Waals surface area (Å²) in [6, 6.07) is 0.587. The number of likely N-dealkylation sites (N-methyl/N-ethyl adjacent to an activating group) is 1. The quantitative estimate of drug-likeness (QED) is 0.898. The van der Waals surface area contributed by atoms with E-state index >= 15 is 0 Å². The Morgan fingerprint density at radius 2 is 2.26 bits per heavy atom. The van der Waals surface area contributed by atoms with Crippen LogP contribution in [0.25, 0.3) is 0 Å². The molecule has 0 aromatic carbocycles. The van der Waals surface area contributed by atoms with Crippen molar-refractivity contribution in [2.75, 3.05) is 26.7 Å². The summed E-state index contributed by atoms with van der Waals surface area (Å²) in [5.74, 6) is 2.14. The molecule has 0 radical (unpaired) electrons. The van der Waals surface area contributed by atoms with Crippen molar-refractivity contribution < 1.29 is 4.52 Å². The summed E-state index contributed by atoms with van der Waals surface area (Å²) in [6.07, 6.45) is 7.20. The van der Waals surface area contributed by atoms with Gasteiger partial charge in [-0.3, -0.25) is 0 Å². The molecule has 2 saturated heterocycles. The van der Waals surface area contributed by atoms with E-state index in [2.05, 4.69) is 27.4 Å². The molecule has 3 rings (SSSR count). The molecule has 3 heterocycles. The molecule has 0 bridgehead atoms. The predicted octanol–water partition coefficient (Wildman–Crippen LogP) is 1.56. The minimum atomic E-state index is 0.416. The molecule has 5 heteroatoms. The highest BCUT2D eigenvalue weighted by Crippen LogP contribution is 2.23. The lowest BCUT2D eigenvalue weighted by Gasteiger charge is -2.31. The van der Waals surface area contributed by atoms with Crippen LogP contribution in [0.5, 0.6) is 0 Å². The summed E-state index contributed by atoms with van der Waals surface area (Å²) in [7, 11) is 2.20. The largest absolute Gasteiger partial charge is 0.339 e. The van der Waals surface area contributed by atoms with Crippen LogP contribution in [-0.2, 0) is 6.42 Å². The van der Waals surface area contributed by atoms with Gasteiger partial charge in [0.1, 0.15) is 0 Å². The number of hydrogen-bond donors (Lipinski definition) is 1. The van der Waals surface area contributed by atoms with Crippen LogP contribution < -0.4 is 5.32 Å².